The van der Waals surface area contributed by atoms with E-state index in [0.29, 0.717) is 32.0 Å². The van der Waals surface area contributed by atoms with Crippen LogP contribution in [0.15, 0.2) is 24.3 Å². The number of carbonyl (C=O) groups is 1. The Labute approximate surface area is 130 Å². The summed E-state index contributed by atoms with van der Waals surface area (Å²) in [4.78, 5) is 13.7. The molecule has 1 saturated heterocycles. The number of amides is 1. The number of rotatable bonds is 3. The monoisotopic (exact) mass is 310 g/mol. The number of benzene rings is 1. The van der Waals surface area contributed by atoms with Crippen LogP contribution < -0.4 is 10.1 Å². The van der Waals surface area contributed by atoms with Crippen molar-refractivity contribution in [2.75, 3.05) is 26.2 Å². The molecule has 1 unspecified atom stereocenters. The van der Waals surface area contributed by atoms with Gasteiger partial charge in [-0.2, -0.15) is 0 Å². The van der Waals surface area contributed by atoms with E-state index in [1.54, 1.807) is 17.0 Å². The van der Waals surface area contributed by atoms with Crippen LogP contribution in [0.25, 0.3) is 0 Å². The lowest BCUT2D eigenvalue weighted by Crippen LogP contribution is -2.55. The molecule has 22 heavy (non-hydrogen) atoms. The first-order chi connectivity index (χ1) is 10.3. The van der Waals surface area contributed by atoms with Crippen molar-refractivity contribution in [2.45, 2.75) is 32.4 Å². The number of hydrogen-bond donors (Lipinski definition) is 1. The van der Waals surface area contributed by atoms with Gasteiger partial charge >= 0.3 is 6.09 Å². The zero-order valence-electron chi connectivity index (χ0n) is 13.3. The lowest BCUT2D eigenvalue weighted by molar-refractivity contribution is 0.0178. The molecule has 2 rings (SSSR count). The molecule has 6 heteroatoms. The summed E-state index contributed by atoms with van der Waals surface area (Å²) in [5, 5.41) is 3.30. The van der Waals surface area contributed by atoms with E-state index in [2.05, 4.69) is 5.32 Å². The van der Waals surface area contributed by atoms with Crippen molar-refractivity contribution in [3.8, 4) is 5.75 Å². The number of halogens is 1. The second-order valence-corrected chi connectivity index (χ2v) is 6.34. The van der Waals surface area contributed by atoms with Crippen molar-refractivity contribution in [1.82, 2.24) is 10.2 Å². The first-order valence-electron chi connectivity index (χ1n) is 7.43. The van der Waals surface area contributed by atoms with Gasteiger partial charge in [0, 0.05) is 19.6 Å². The van der Waals surface area contributed by atoms with Gasteiger partial charge in [0.15, 0.2) is 0 Å². The molecule has 0 saturated carbocycles. The number of hydrogen-bond acceptors (Lipinski definition) is 4. The molecule has 0 bridgehead atoms. The SMILES string of the molecule is CC(C)(C)OC(=O)N1CCNC(COc2ccc(F)cc2)C1. The highest BCUT2D eigenvalue weighted by Gasteiger charge is 2.27. The van der Waals surface area contributed by atoms with Crippen LogP contribution in [0.5, 0.6) is 5.75 Å². The van der Waals surface area contributed by atoms with Gasteiger partial charge in [-0.1, -0.05) is 0 Å². The molecule has 5 nitrogen and oxygen atoms in total. The maximum absolute atomic E-state index is 12.8. The molecule has 1 aromatic rings. The number of nitrogens with zero attached hydrogens (tertiary/aromatic N) is 1. The van der Waals surface area contributed by atoms with E-state index in [0.717, 1.165) is 0 Å². The highest BCUT2D eigenvalue weighted by molar-refractivity contribution is 5.68. The summed E-state index contributed by atoms with van der Waals surface area (Å²) in [6, 6.07) is 5.91. The minimum absolute atomic E-state index is 0.0197. The average molecular weight is 310 g/mol. The molecule has 122 valence electrons. The van der Waals surface area contributed by atoms with Crippen LogP contribution in [0.3, 0.4) is 0 Å². The van der Waals surface area contributed by atoms with E-state index in [1.165, 1.54) is 12.1 Å². The summed E-state index contributed by atoms with van der Waals surface area (Å²) in [5.41, 5.74) is -0.498. The van der Waals surface area contributed by atoms with Gasteiger partial charge in [-0.15, -0.1) is 0 Å². The minimum atomic E-state index is -0.498. The Bertz CT molecular complexity index is 499. The molecule has 1 fully saturated rings. The average Bonchev–Trinajstić information content (AvgIpc) is 2.45. The summed E-state index contributed by atoms with van der Waals surface area (Å²) in [5.74, 6) is 0.317. The lowest BCUT2D eigenvalue weighted by atomic mass is 10.2. The molecule has 0 aliphatic carbocycles. The van der Waals surface area contributed by atoms with E-state index < -0.39 is 5.60 Å². The minimum Gasteiger partial charge on any atom is -0.492 e. The van der Waals surface area contributed by atoms with Gasteiger partial charge in [-0.25, -0.2) is 9.18 Å². The number of ether oxygens (including phenoxy) is 2. The second-order valence-electron chi connectivity index (χ2n) is 6.34. The fraction of sp³-hybridized carbons (Fsp3) is 0.562. The fourth-order valence-corrected chi connectivity index (χ4v) is 2.16. The molecular weight excluding hydrogens is 287 g/mol. The van der Waals surface area contributed by atoms with Crippen molar-refractivity contribution in [2.24, 2.45) is 0 Å². The molecule has 0 aromatic heterocycles. The van der Waals surface area contributed by atoms with Crippen molar-refractivity contribution >= 4 is 6.09 Å². The molecule has 1 heterocycles. The van der Waals surface area contributed by atoms with Crippen molar-refractivity contribution in [3.05, 3.63) is 30.1 Å². The molecule has 1 N–H and O–H groups in total. The Hall–Kier alpha value is -1.82. The van der Waals surface area contributed by atoms with Gasteiger partial charge in [-0.05, 0) is 45.0 Å². The van der Waals surface area contributed by atoms with Crippen LogP contribution in [-0.4, -0.2) is 48.9 Å². The quantitative estimate of drug-likeness (QED) is 0.931. The third-order valence-electron chi connectivity index (χ3n) is 3.17. The molecule has 1 aromatic carbocycles. The zero-order valence-corrected chi connectivity index (χ0v) is 13.3. The van der Waals surface area contributed by atoms with E-state index in [9.17, 15) is 9.18 Å². The van der Waals surface area contributed by atoms with Crippen molar-refractivity contribution in [3.63, 3.8) is 0 Å². The van der Waals surface area contributed by atoms with Crippen molar-refractivity contribution < 1.29 is 18.7 Å². The highest BCUT2D eigenvalue weighted by atomic mass is 19.1. The number of carbonyl (C=O) groups excluding carboxylic acids is 1. The van der Waals surface area contributed by atoms with E-state index in [1.807, 2.05) is 20.8 Å². The molecule has 0 radical (unpaired) electrons. The predicted octanol–water partition coefficient (Wildman–Crippen LogP) is 2.41. The summed E-state index contributed by atoms with van der Waals surface area (Å²) in [6.07, 6.45) is -0.305. The molecule has 0 spiro atoms. The lowest BCUT2D eigenvalue weighted by Gasteiger charge is -2.34. The summed E-state index contributed by atoms with van der Waals surface area (Å²) in [6.45, 7) is 7.78. The Morgan fingerprint density at radius 2 is 2.05 bits per heavy atom. The molecule has 1 aliphatic heterocycles. The predicted molar refractivity (Wildman–Crippen MR) is 81.5 cm³/mol. The van der Waals surface area contributed by atoms with E-state index in [-0.39, 0.29) is 18.0 Å². The van der Waals surface area contributed by atoms with Gasteiger partial charge in [-0.3, -0.25) is 0 Å². The van der Waals surface area contributed by atoms with Crippen LogP contribution in [0.4, 0.5) is 9.18 Å². The van der Waals surface area contributed by atoms with E-state index in [4.69, 9.17) is 9.47 Å². The number of piperazine rings is 1. The summed E-state index contributed by atoms with van der Waals surface area (Å²) < 4.78 is 23.8. The fourth-order valence-electron chi connectivity index (χ4n) is 2.16. The summed E-state index contributed by atoms with van der Waals surface area (Å²) >= 11 is 0. The maximum Gasteiger partial charge on any atom is 0.410 e. The molecule has 1 atom stereocenters. The third kappa shape index (κ3) is 5.18. The van der Waals surface area contributed by atoms with E-state index >= 15 is 0 Å². The second kappa shape index (κ2) is 6.96. The molecule has 1 aliphatic rings. The van der Waals surface area contributed by atoms with Crippen LogP contribution in [0, 0.1) is 5.82 Å². The molecule has 1 amide bonds. The molecular formula is C16H23FN2O3. The third-order valence-corrected chi connectivity index (χ3v) is 3.17. The maximum atomic E-state index is 12.8. The normalized spacial score (nSPS) is 18.9. The largest absolute Gasteiger partial charge is 0.492 e. The van der Waals surface area contributed by atoms with Gasteiger partial charge < -0.3 is 19.7 Å². The Kier molecular flexibility index (Phi) is 5.24. The standard InChI is InChI=1S/C16H23FN2O3/c1-16(2,3)22-15(20)19-9-8-18-13(10-19)11-21-14-6-4-12(17)5-7-14/h4-7,13,18H,8-11H2,1-3H3. The van der Waals surface area contributed by atoms with Crippen LogP contribution in [0.2, 0.25) is 0 Å². The van der Waals surface area contributed by atoms with Gasteiger partial charge in [0.2, 0.25) is 0 Å². The highest BCUT2D eigenvalue weighted by Crippen LogP contribution is 2.14. The topological polar surface area (TPSA) is 50.8 Å². The van der Waals surface area contributed by atoms with Crippen LogP contribution >= 0.6 is 0 Å². The Morgan fingerprint density at radius 3 is 2.68 bits per heavy atom. The van der Waals surface area contributed by atoms with Gasteiger partial charge in [0.05, 0.1) is 6.04 Å². The Balaban J connectivity index is 1.82. The Morgan fingerprint density at radius 1 is 1.36 bits per heavy atom. The zero-order chi connectivity index (χ0) is 16.2. The van der Waals surface area contributed by atoms with Gasteiger partial charge in [0.1, 0.15) is 23.8 Å². The van der Waals surface area contributed by atoms with Crippen LogP contribution in [-0.2, 0) is 4.74 Å². The van der Waals surface area contributed by atoms with Gasteiger partial charge in [0.25, 0.3) is 0 Å². The first kappa shape index (κ1) is 16.5. The smallest absolute Gasteiger partial charge is 0.410 e. The summed E-state index contributed by atoms with van der Waals surface area (Å²) in [7, 11) is 0. The van der Waals surface area contributed by atoms with Crippen LogP contribution in [0.1, 0.15) is 20.8 Å². The van der Waals surface area contributed by atoms with Crippen molar-refractivity contribution in [1.29, 1.82) is 0 Å². The number of nitrogens with one attached hydrogen (secondary N) is 1. The first-order valence-corrected chi connectivity index (χ1v) is 7.43.